The molecule has 1 aromatic heterocycles. The lowest BCUT2D eigenvalue weighted by atomic mass is 10.1. The maximum atomic E-state index is 11.9. The molecule has 1 atom stereocenters. The molecular formula is C28H53N5O7. The minimum Gasteiger partial charge on any atom is -0.379 e. The van der Waals surface area contributed by atoms with Crippen LogP contribution in [0, 0.1) is 11.8 Å². The smallest absolute Gasteiger partial charge is 0.232 e. The molecule has 0 saturated carbocycles. The molecule has 0 aliphatic carbocycles. The van der Waals surface area contributed by atoms with Crippen molar-refractivity contribution in [3.8, 4) is 0 Å². The predicted molar refractivity (Wildman–Crippen MR) is 153 cm³/mol. The topological polar surface area (TPSA) is 125 Å². The van der Waals surface area contributed by atoms with Gasteiger partial charge >= 0.3 is 0 Å². The number of carbonyl (C=O) groups excluding carboxylic acids is 3. The van der Waals surface area contributed by atoms with Gasteiger partial charge in [-0.25, -0.2) is 4.68 Å². The largest absolute Gasteiger partial charge is 0.379 e. The number of likely N-dealkylation sites (tertiary alicyclic amines) is 2. The van der Waals surface area contributed by atoms with Gasteiger partial charge in [-0.1, -0.05) is 46.8 Å². The van der Waals surface area contributed by atoms with E-state index in [1.807, 2.05) is 27.7 Å². The van der Waals surface area contributed by atoms with Crippen LogP contribution in [0.3, 0.4) is 0 Å². The zero-order valence-corrected chi connectivity index (χ0v) is 25.8. The van der Waals surface area contributed by atoms with Gasteiger partial charge in [-0.15, -0.1) is 5.10 Å². The molecule has 2 amide bonds. The molecule has 1 unspecified atom stereocenters. The van der Waals surface area contributed by atoms with Crippen LogP contribution in [0.15, 0.2) is 6.20 Å². The highest BCUT2D eigenvalue weighted by Crippen LogP contribution is 2.20. The molecule has 0 aromatic carbocycles. The van der Waals surface area contributed by atoms with Crippen LogP contribution in [0.1, 0.15) is 60.1 Å². The molecule has 2 fully saturated rings. The molecule has 12 nitrogen and oxygen atoms in total. The third-order valence-corrected chi connectivity index (χ3v) is 5.58. The van der Waals surface area contributed by atoms with Crippen molar-refractivity contribution >= 4 is 18.1 Å². The van der Waals surface area contributed by atoms with Crippen LogP contribution < -0.4 is 0 Å². The van der Waals surface area contributed by atoms with E-state index in [0.717, 1.165) is 12.2 Å². The third-order valence-electron chi connectivity index (χ3n) is 5.58. The molecule has 2 saturated heterocycles. The molecule has 0 radical (unpaired) electrons. The summed E-state index contributed by atoms with van der Waals surface area (Å²) in [7, 11) is 2.15. The van der Waals surface area contributed by atoms with Gasteiger partial charge < -0.3 is 28.6 Å². The quantitative estimate of drug-likeness (QED) is 0.156. The van der Waals surface area contributed by atoms with Crippen LogP contribution in [-0.2, 0) is 46.4 Å². The standard InChI is InChI=1S/C19H30N4O7.C5H11N.2C2H6/c1-16-13-18(25)23(19(16)26)15-17-14-22(21-20-17)3-6-28-8-10-30-12-11-29-9-7-27-5-2-4-24;1-5-3-6(2)4-5;2*1-2/h4,14,16H,2-3,5-13,15H2,1H3;5H,3-4H2,1-2H3;2*1-2H3. The van der Waals surface area contributed by atoms with Gasteiger partial charge in [0.05, 0.1) is 72.1 Å². The maximum Gasteiger partial charge on any atom is 0.232 e. The molecule has 40 heavy (non-hydrogen) atoms. The fraction of sp³-hybridized carbons (Fsp3) is 0.821. The number of aromatic nitrogens is 3. The lowest BCUT2D eigenvalue weighted by Gasteiger charge is -2.33. The average molecular weight is 572 g/mol. The first-order valence-corrected chi connectivity index (χ1v) is 14.6. The summed E-state index contributed by atoms with van der Waals surface area (Å²) in [5.41, 5.74) is 0.572. The summed E-state index contributed by atoms with van der Waals surface area (Å²) in [6, 6.07) is 0. The highest BCUT2D eigenvalue weighted by Gasteiger charge is 2.35. The maximum absolute atomic E-state index is 11.9. The van der Waals surface area contributed by atoms with Crippen molar-refractivity contribution in [2.75, 3.05) is 73.0 Å². The van der Waals surface area contributed by atoms with Crippen LogP contribution >= 0.6 is 0 Å². The molecular weight excluding hydrogens is 518 g/mol. The second-order valence-corrected chi connectivity index (χ2v) is 9.13. The van der Waals surface area contributed by atoms with Gasteiger partial charge in [-0.3, -0.25) is 14.5 Å². The van der Waals surface area contributed by atoms with Crippen molar-refractivity contribution in [2.45, 2.75) is 67.5 Å². The number of amides is 2. The summed E-state index contributed by atoms with van der Waals surface area (Å²) < 4.78 is 23.0. The van der Waals surface area contributed by atoms with Crippen molar-refractivity contribution in [3.63, 3.8) is 0 Å². The number of hydrogen-bond acceptors (Lipinski definition) is 10. The molecule has 1 aromatic rings. The monoisotopic (exact) mass is 571 g/mol. The van der Waals surface area contributed by atoms with E-state index in [1.165, 1.54) is 18.0 Å². The van der Waals surface area contributed by atoms with Crippen LogP contribution in [0.25, 0.3) is 0 Å². The van der Waals surface area contributed by atoms with Crippen molar-refractivity contribution < 1.29 is 33.3 Å². The number of imide groups is 1. The lowest BCUT2D eigenvalue weighted by molar-refractivity contribution is -0.140. The van der Waals surface area contributed by atoms with Gasteiger partial charge in [0.2, 0.25) is 11.8 Å². The number of nitrogens with zero attached hydrogens (tertiary/aromatic N) is 5. The fourth-order valence-electron chi connectivity index (χ4n) is 3.76. The first kappa shape index (κ1) is 37.8. The zero-order valence-electron chi connectivity index (χ0n) is 25.8. The fourth-order valence-corrected chi connectivity index (χ4v) is 3.76. The lowest BCUT2D eigenvalue weighted by Crippen LogP contribution is -2.41. The first-order valence-electron chi connectivity index (χ1n) is 14.6. The Morgan fingerprint density at radius 2 is 1.40 bits per heavy atom. The summed E-state index contributed by atoms with van der Waals surface area (Å²) in [5.74, 6) is 0.378. The Labute approximate surface area is 240 Å². The number of ether oxygens (including phenoxy) is 4. The van der Waals surface area contributed by atoms with Gasteiger partial charge in [0.1, 0.15) is 12.0 Å². The molecule has 2 aliphatic rings. The zero-order chi connectivity index (χ0) is 30.2. The Hall–Kier alpha value is -2.25. The minimum absolute atomic E-state index is 0.156. The molecule has 0 bridgehead atoms. The van der Waals surface area contributed by atoms with Gasteiger partial charge in [0.15, 0.2) is 0 Å². The molecule has 3 rings (SSSR count). The summed E-state index contributed by atoms with van der Waals surface area (Å²) in [6.45, 7) is 19.0. The summed E-state index contributed by atoms with van der Waals surface area (Å²) in [6.07, 6.45) is 3.19. The van der Waals surface area contributed by atoms with E-state index in [0.29, 0.717) is 71.5 Å². The molecule has 12 heteroatoms. The summed E-state index contributed by atoms with van der Waals surface area (Å²) in [5, 5.41) is 8.00. The van der Waals surface area contributed by atoms with E-state index in [-0.39, 0.29) is 30.7 Å². The van der Waals surface area contributed by atoms with Crippen molar-refractivity contribution in [3.05, 3.63) is 11.9 Å². The second-order valence-electron chi connectivity index (χ2n) is 9.13. The van der Waals surface area contributed by atoms with Crippen LogP contribution in [0.4, 0.5) is 0 Å². The minimum atomic E-state index is -0.261. The molecule has 0 N–H and O–H groups in total. The predicted octanol–water partition coefficient (Wildman–Crippen LogP) is 2.45. The van der Waals surface area contributed by atoms with Gasteiger partial charge in [-0.05, 0) is 13.0 Å². The molecule has 3 heterocycles. The van der Waals surface area contributed by atoms with E-state index in [1.54, 1.807) is 17.8 Å². The molecule has 0 spiro atoms. The average Bonchev–Trinajstić information content (AvgIpc) is 3.49. The highest BCUT2D eigenvalue weighted by molar-refractivity contribution is 6.03. The first-order chi connectivity index (χ1) is 19.4. The van der Waals surface area contributed by atoms with Gasteiger partial charge in [0, 0.05) is 31.8 Å². The van der Waals surface area contributed by atoms with E-state index < -0.39 is 0 Å². The summed E-state index contributed by atoms with van der Waals surface area (Å²) in [4.78, 5) is 37.4. The Bertz CT molecular complexity index is 781. The highest BCUT2D eigenvalue weighted by atomic mass is 16.6. The Morgan fingerprint density at radius 3 is 1.82 bits per heavy atom. The third kappa shape index (κ3) is 16.8. The van der Waals surface area contributed by atoms with Crippen LogP contribution in [0.5, 0.6) is 0 Å². The van der Waals surface area contributed by atoms with Crippen molar-refractivity contribution in [2.24, 2.45) is 11.8 Å². The van der Waals surface area contributed by atoms with Gasteiger partial charge in [-0.2, -0.15) is 0 Å². The molecule has 2 aliphatic heterocycles. The van der Waals surface area contributed by atoms with E-state index in [2.05, 4.69) is 29.2 Å². The number of carbonyl (C=O) groups is 3. The number of aldehydes is 1. The van der Waals surface area contributed by atoms with Crippen molar-refractivity contribution in [1.29, 1.82) is 0 Å². The Kier molecular flexibility index (Phi) is 23.2. The second kappa shape index (κ2) is 24.5. The van der Waals surface area contributed by atoms with Crippen LogP contribution in [0.2, 0.25) is 0 Å². The number of hydrogen-bond donors (Lipinski definition) is 0. The summed E-state index contributed by atoms with van der Waals surface area (Å²) >= 11 is 0. The Morgan fingerprint density at radius 1 is 0.875 bits per heavy atom. The normalized spacial score (nSPS) is 16.8. The van der Waals surface area contributed by atoms with Crippen LogP contribution in [-0.4, -0.2) is 116 Å². The van der Waals surface area contributed by atoms with Crippen molar-refractivity contribution in [1.82, 2.24) is 24.8 Å². The van der Waals surface area contributed by atoms with E-state index in [4.69, 9.17) is 18.9 Å². The Balaban J connectivity index is 0.00000130. The van der Waals surface area contributed by atoms with E-state index >= 15 is 0 Å². The van der Waals surface area contributed by atoms with E-state index in [9.17, 15) is 14.4 Å². The number of rotatable bonds is 17. The van der Waals surface area contributed by atoms with Gasteiger partial charge in [0.25, 0.3) is 0 Å². The molecule has 232 valence electrons. The SMILES string of the molecule is CC.CC.CC1CC(=O)N(Cc2cn(CCOCCOCCOCCOCCC=O)nn2)C1=O.CC1CN(C)C1.